The van der Waals surface area contributed by atoms with E-state index >= 15 is 0 Å². The van der Waals surface area contributed by atoms with Gasteiger partial charge in [-0.3, -0.25) is 0 Å². The molecule has 0 aliphatic carbocycles. The highest BCUT2D eigenvalue weighted by Crippen LogP contribution is 2.18. The minimum atomic E-state index is 0.543. The van der Waals surface area contributed by atoms with Gasteiger partial charge in [-0.25, -0.2) is 0 Å². The van der Waals surface area contributed by atoms with E-state index in [1.165, 1.54) is 11.1 Å². The fraction of sp³-hybridized carbons (Fsp3) is 0.278. The van der Waals surface area contributed by atoms with Crippen LogP contribution in [0, 0.1) is 0 Å². The molecule has 0 saturated heterocycles. The zero-order valence-electron chi connectivity index (χ0n) is 13.1. The Morgan fingerprint density at radius 2 is 1.68 bits per heavy atom. The normalized spacial score (nSPS) is 10.6. The van der Waals surface area contributed by atoms with Crippen LogP contribution in [-0.4, -0.2) is 17.1 Å². The number of nitrogens with zero attached hydrogens (tertiary/aromatic N) is 1. The molecule has 0 aromatic heterocycles. The van der Waals surface area contributed by atoms with Crippen molar-refractivity contribution in [2.24, 2.45) is 0 Å². The zero-order valence-corrected chi connectivity index (χ0v) is 15.5. The van der Waals surface area contributed by atoms with E-state index in [0.29, 0.717) is 5.92 Å². The Morgan fingerprint density at radius 1 is 1.09 bits per heavy atom. The molecule has 0 fully saturated rings. The number of nitrogens with one attached hydrogen (secondary N) is 1. The Labute approximate surface area is 146 Å². The summed E-state index contributed by atoms with van der Waals surface area (Å²) in [6.07, 6.45) is 0. The quantitative estimate of drug-likeness (QED) is 0.718. The van der Waals surface area contributed by atoms with Crippen molar-refractivity contribution in [1.82, 2.24) is 4.90 Å². The first kappa shape index (κ1) is 17.0. The molecule has 22 heavy (non-hydrogen) atoms. The van der Waals surface area contributed by atoms with E-state index < -0.39 is 0 Å². The molecule has 0 spiro atoms. The van der Waals surface area contributed by atoms with E-state index in [9.17, 15) is 0 Å². The van der Waals surface area contributed by atoms with Gasteiger partial charge in [-0.05, 0) is 53.5 Å². The topological polar surface area (TPSA) is 15.3 Å². The highest BCUT2D eigenvalue weighted by Gasteiger charge is 2.06. The standard InChI is InChI=1S/C18H21BrN2S/c1-13(2)15-6-10-17(11-7-15)20-18(22)21(3)12-14-4-8-16(19)9-5-14/h4-11,13H,12H2,1-3H3,(H,20,22). The average Bonchev–Trinajstić information content (AvgIpc) is 2.50. The maximum atomic E-state index is 5.47. The molecule has 0 saturated carbocycles. The van der Waals surface area contributed by atoms with Crippen molar-refractivity contribution in [2.45, 2.75) is 26.3 Å². The summed E-state index contributed by atoms with van der Waals surface area (Å²) in [5.41, 5.74) is 3.58. The summed E-state index contributed by atoms with van der Waals surface area (Å²) in [5, 5.41) is 4.01. The summed E-state index contributed by atoms with van der Waals surface area (Å²) in [6.45, 7) is 5.17. The Balaban J connectivity index is 1.94. The van der Waals surface area contributed by atoms with Gasteiger partial charge in [0.15, 0.2) is 5.11 Å². The van der Waals surface area contributed by atoms with E-state index in [1.54, 1.807) is 0 Å². The lowest BCUT2D eigenvalue weighted by Crippen LogP contribution is -2.30. The second kappa shape index (κ2) is 7.75. The van der Waals surface area contributed by atoms with Gasteiger partial charge in [-0.1, -0.05) is 54.0 Å². The number of thiocarbonyl (C=S) groups is 1. The molecule has 1 N–H and O–H groups in total. The van der Waals surface area contributed by atoms with Crippen molar-refractivity contribution in [3.63, 3.8) is 0 Å². The summed E-state index contributed by atoms with van der Waals surface area (Å²) < 4.78 is 1.09. The van der Waals surface area contributed by atoms with Crippen LogP contribution in [0.25, 0.3) is 0 Å². The number of halogens is 1. The molecule has 0 heterocycles. The van der Waals surface area contributed by atoms with E-state index in [1.807, 2.05) is 24.1 Å². The minimum Gasteiger partial charge on any atom is -0.348 e. The third kappa shape index (κ3) is 4.82. The van der Waals surface area contributed by atoms with Crippen LogP contribution in [0.3, 0.4) is 0 Å². The lowest BCUT2D eigenvalue weighted by molar-refractivity contribution is 0.508. The predicted octanol–water partition coefficient (Wildman–Crippen LogP) is 5.40. The van der Waals surface area contributed by atoms with Crippen molar-refractivity contribution in [3.05, 3.63) is 64.1 Å². The Morgan fingerprint density at radius 3 is 2.23 bits per heavy atom. The Kier molecular flexibility index (Phi) is 5.98. The molecule has 2 rings (SSSR count). The molecular weight excluding hydrogens is 356 g/mol. The van der Waals surface area contributed by atoms with Crippen LogP contribution in [-0.2, 0) is 6.54 Å². The first-order valence-corrected chi connectivity index (χ1v) is 8.52. The maximum Gasteiger partial charge on any atom is 0.173 e. The van der Waals surface area contributed by atoms with Gasteiger partial charge in [-0.2, -0.15) is 0 Å². The molecule has 2 aromatic carbocycles. The molecule has 2 aromatic rings. The maximum absolute atomic E-state index is 5.47. The molecule has 0 unspecified atom stereocenters. The number of benzene rings is 2. The SMILES string of the molecule is CC(C)c1ccc(NC(=S)N(C)Cc2ccc(Br)cc2)cc1. The molecule has 0 amide bonds. The number of hydrogen-bond donors (Lipinski definition) is 1. The largest absolute Gasteiger partial charge is 0.348 e. The average molecular weight is 377 g/mol. The van der Waals surface area contributed by atoms with E-state index in [0.717, 1.165) is 21.8 Å². The molecule has 116 valence electrons. The predicted molar refractivity (Wildman–Crippen MR) is 102 cm³/mol. The molecular formula is C18H21BrN2S. The summed E-state index contributed by atoms with van der Waals surface area (Å²) in [5.74, 6) is 0.543. The fourth-order valence-corrected chi connectivity index (χ4v) is 2.55. The Hall–Kier alpha value is -1.39. The van der Waals surface area contributed by atoms with Gasteiger partial charge in [0, 0.05) is 23.8 Å². The molecule has 2 nitrogen and oxygen atoms in total. The van der Waals surface area contributed by atoms with Gasteiger partial charge in [0.05, 0.1) is 0 Å². The zero-order chi connectivity index (χ0) is 16.1. The van der Waals surface area contributed by atoms with Crippen molar-refractivity contribution in [3.8, 4) is 0 Å². The van der Waals surface area contributed by atoms with E-state index in [2.05, 4.69) is 71.5 Å². The number of hydrogen-bond acceptors (Lipinski definition) is 1. The molecule has 4 heteroatoms. The highest BCUT2D eigenvalue weighted by molar-refractivity contribution is 9.10. The van der Waals surface area contributed by atoms with Crippen molar-refractivity contribution < 1.29 is 0 Å². The van der Waals surface area contributed by atoms with E-state index in [4.69, 9.17) is 12.2 Å². The van der Waals surface area contributed by atoms with Gasteiger partial charge in [-0.15, -0.1) is 0 Å². The molecule has 0 bridgehead atoms. The lowest BCUT2D eigenvalue weighted by atomic mass is 10.0. The molecule has 0 aliphatic heterocycles. The third-order valence-corrected chi connectivity index (χ3v) is 4.45. The summed E-state index contributed by atoms with van der Waals surface area (Å²) in [6, 6.07) is 16.7. The van der Waals surface area contributed by atoms with Gasteiger partial charge in [0.1, 0.15) is 0 Å². The van der Waals surface area contributed by atoms with Crippen LogP contribution in [0.2, 0.25) is 0 Å². The minimum absolute atomic E-state index is 0.543. The lowest BCUT2D eigenvalue weighted by Gasteiger charge is -2.21. The van der Waals surface area contributed by atoms with E-state index in [-0.39, 0.29) is 0 Å². The van der Waals surface area contributed by atoms with Crippen molar-refractivity contribution >= 4 is 38.9 Å². The van der Waals surface area contributed by atoms with Crippen molar-refractivity contribution in [1.29, 1.82) is 0 Å². The first-order chi connectivity index (χ1) is 10.5. The highest BCUT2D eigenvalue weighted by atomic mass is 79.9. The van der Waals surface area contributed by atoms with Gasteiger partial charge < -0.3 is 10.2 Å². The third-order valence-electron chi connectivity index (χ3n) is 3.51. The van der Waals surface area contributed by atoms with Gasteiger partial charge in [0.25, 0.3) is 0 Å². The molecule has 0 radical (unpaired) electrons. The van der Waals surface area contributed by atoms with Crippen LogP contribution >= 0.6 is 28.1 Å². The van der Waals surface area contributed by atoms with Crippen LogP contribution in [0.5, 0.6) is 0 Å². The van der Waals surface area contributed by atoms with Gasteiger partial charge >= 0.3 is 0 Å². The van der Waals surface area contributed by atoms with Crippen LogP contribution in [0.1, 0.15) is 30.9 Å². The monoisotopic (exact) mass is 376 g/mol. The van der Waals surface area contributed by atoms with Crippen LogP contribution < -0.4 is 5.32 Å². The smallest absolute Gasteiger partial charge is 0.173 e. The number of rotatable bonds is 4. The molecule has 0 atom stereocenters. The summed E-state index contributed by atoms with van der Waals surface area (Å²) in [4.78, 5) is 2.04. The van der Waals surface area contributed by atoms with Crippen molar-refractivity contribution in [2.75, 3.05) is 12.4 Å². The summed E-state index contributed by atoms with van der Waals surface area (Å²) >= 11 is 8.92. The summed E-state index contributed by atoms with van der Waals surface area (Å²) in [7, 11) is 2.00. The Bertz CT molecular complexity index is 621. The van der Waals surface area contributed by atoms with Crippen LogP contribution in [0.15, 0.2) is 53.0 Å². The van der Waals surface area contributed by atoms with Crippen LogP contribution in [0.4, 0.5) is 5.69 Å². The second-order valence-electron chi connectivity index (χ2n) is 5.69. The second-order valence-corrected chi connectivity index (χ2v) is 6.99. The fourth-order valence-electron chi connectivity index (χ4n) is 2.11. The number of anilines is 1. The molecule has 0 aliphatic rings. The van der Waals surface area contributed by atoms with Gasteiger partial charge in [0.2, 0.25) is 0 Å². The first-order valence-electron chi connectivity index (χ1n) is 7.32.